The number of aromatic nitrogens is 6. The van der Waals surface area contributed by atoms with Crippen LogP contribution in [0.2, 0.25) is 0 Å². The van der Waals surface area contributed by atoms with Gasteiger partial charge in [-0.3, -0.25) is 0 Å². The van der Waals surface area contributed by atoms with E-state index in [1.165, 1.54) is 0 Å². The van der Waals surface area contributed by atoms with Crippen LogP contribution in [0.5, 0.6) is 0 Å². The molecule has 5 rings (SSSR count). The maximum absolute atomic E-state index is 4.81. The molecule has 0 atom stereocenters. The SMILES string of the molecule is CNC1CC(Nc2ncc3c(-c4ccc5nc(C)n(C)c5n4)ccn3n2)C1. The van der Waals surface area contributed by atoms with Crippen LogP contribution >= 0.6 is 0 Å². The smallest absolute Gasteiger partial charge is 0.241 e. The second-order valence-corrected chi connectivity index (χ2v) is 7.20. The molecule has 8 heteroatoms. The molecule has 0 spiro atoms. The molecule has 138 valence electrons. The van der Waals surface area contributed by atoms with E-state index < -0.39 is 0 Å². The predicted molar refractivity (Wildman–Crippen MR) is 105 cm³/mol. The van der Waals surface area contributed by atoms with Crippen LogP contribution in [-0.2, 0) is 7.05 Å². The molecule has 8 nitrogen and oxygen atoms in total. The second kappa shape index (κ2) is 6.02. The van der Waals surface area contributed by atoms with E-state index in [1.54, 1.807) is 0 Å². The van der Waals surface area contributed by atoms with Gasteiger partial charge in [-0.2, -0.15) is 0 Å². The lowest BCUT2D eigenvalue weighted by Gasteiger charge is -2.35. The molecular weight excluding hydrogens is 340 g/mol. The van der Waals surface area contributed by atoms with Crippen molar-refractivity contribution in [1.82, 2.24) is 34.4 Å². The maximum Gasteiger partial charge on any atom is 0.241 e. The number of fused-ring (bicyclic) bond motifs is 2. The lowest BCUT2D eigenvalue weighted by Crippen LogP contribution is -2.46. The standard InChI is InChI=1S/C19H22N8/c1-11-22-16-5-4-15(24-18(16)26(11)3)14-6-7-27-17(14)10-21-19(25-27)23-13-8-12(9-13)20-2/h4-7,10,12-13,20H,8-9H2,1-3H3,(H,23,25). The molecule has 0 unspecified atom stereocenters. The van der Waals surface area contributed by atoms with Crippen molar-refractivity contribution in [1.29, 1.82) is 0 Å². The summed E-state index contributed by atoms with van der Waals surface area (Å²) in [4.78, 5) is 13.8. The van der Waals surface area contributed by atoms with Crippen molar-refractivity contribution in [2.75, 3.05) is 12.4 Å². The molecule has 0 aromatic carbocycles. The van der Waals surface area contributed by atoms with Gasteiger partial charge in [0.25, 0.3) is 0 Å². The number of imidazole rings is 1. The van der Waals surface area contributed by atoms with Crippen LogP contribution in [0.4, 0.5) is 5.95 Å². The van der Waals surface area contributed by atoms with E-state index in [1.807, 2.05) is 60.7 Å². The fourth-order valence-corrected chi connectivity index (χ4v) is 3.66. The Hall–Kier alpha value is -3.00. The zero-order valence-electron chi connectivity index (χ0n) is 15.6. The molecule has 27 heavy (non-hydrogen) atoms. The largest absolute Gasteiger partial charge is 0.350 e. The summed E-state index contributed by atoms with van der Waals surface area (Å²) >= 11 is 0. The highest BCUT2D eigenvalue weighted by Gasteiger charge is 2.28. The normalized spacial score (nSPS) is 19.5. The monoisotopic (exact) mass is 362 g/mol. The number of hydrogen-bond acceptors (Lipinski definition) is 6. The van der Waals surface area contributed by atoms with Crippen molar-refractivity contribution in [3.63, 3.8) is 0 Å². The van der Waals surface area contributed by atoms with Gasteiger partial charge in [0, 0.05) is 30.9 Å². The Morgan fingerprint density at radius 2 is 1.96 bits per heavy atom. The third kappa shape index (κ3) is 2.64. The Morgan fingerprint density at radius 3 is 2.78 bits per heavy atom. The van der Waals surface area contributed by atoms with Crippen molar-refractivity contribution < 1.29 is 0 Å². The first-order valence-corrected chi connectivity index (χ1v) is 9.21. The summed E-state index contributed by atoms with van der Waals surface area (Å²) in [6, 6.07) is 7.08. The Labute approximate surface area is 156 Å². The van der Waals surface area contributed by atoms with Gasteiger partial charge in [0.2, 0.25) is 5.95 Å². The molecule has 1 aliphatic carbocycles. The molecule has 1 fully saturated rings. The summed E-state index contributed by atoms with van der Waals surface area (Å²) in [6.45, 7) is 1.98. The number of hydrogen-bond donors (Lipinski definition) is 2. The minimum Gasteiger partial charge on any atom is -0.350 e. The van der Waals surface area contributed by atoms with E-state index in [-0.39, 0.29) is 0 Å². The molecule has 0 radical (unpaired) electrons. The summed E-state index contributed by atoms with van der Waals surface area (Å²) in [5, 5.41) is 11.3. The Bertz CT molecular complexity index is 1140. The van der Waals surface area contributed by atoms with Gasteiger partial charge in [0.15, 0.2) is 5.65 Å². The van der Waals surface area contributed by atoms with Gasteiger partial charge in [-0.15, -0.1) is 5.10 Å². The number of aryl methyl sites for hydroxylation is 2. The first kappa shape index (κ1) is 16.2. The lowest BCUT2D eigenvalue weighted by atomic mass is 9.87. The molecule has 0 saturated heterocycles. The van der Waals surface area contributed by atoms with Gasteiger partial charge < -0.3 is 15.2 Å². The second-order valence-electron chi connectivity index (χ2n) is 7.20. The highest BCUT2D eigenvalue weighted by atomic mass is 15.3. The van der Waals surface area contributed by atoms with Crippen molar-refractivity contribution in [2.24, 2.45) is 7.05 Å². The fourth-order valence-electron chi connectivity index (χ4n) is 3.66. The average molecular weight is 362 g/mol. The topological polar surface area (TPSA) is 85.0 Å². The lowest BCUT2D eigenvalue weighted by molar-refractivity contribution is 0.325. The summed E-state index contributed by atoms with van der Waals surface area (Å²) in [6.07, 6.45) is 6.01. The molecule has 0 amide bonds. The third-order valence-corrected chi connectivity index (χ3v) is 5.51. The molecule has 2 N–H and O–H groups in total. The van der Waals surface area contributed by atoms with E-state index in [0.717, 1.165) is 46.6 Å². The van der Waals surface area contributed by atoms with Crippen molar-refractivity contribution >= 4 is 22.6 Å². The number of rotatable bonds is 4. The molecule has 4 aromatic rings. The first-order valence-electron chi connectivity index (χ1n) is 9.21. The number of pyridine rings is 1. The number of nitrogens with one attached hydrogen (secondary N) is 2. The summed E-state index contributed by atoms with van der Waals surface area (Å²) in [5.74, 6) is 1.61. The van der Waals surface area contributed by atoms with Gasteiger partial charge in [0.1, 0.15) is 11.3 Å². The number of anilines is 1. The average Bonchev–Trinajstić information content (AvgIpc) is 3.18. The van der Waals surface area contributed by atoms with Crippen molar-refractivity contribution in [3.8, 4) is 11.3 Å². The van der Waals surface area contributed by atoms with E-state index in [9.17, 15) is 0 Å². The van der Waals surface area contributed by atoms with E-state index in [0.29, 0.717) is 18.0 Å². The van der Waals surface area contributed by atoms with Crippen LogP contribution < -0.4 is 10.6 Å². The number of nitrogens with zero attached hydrogens (tertiary/aromatic N) is 6. The van der Waals surface area contributed by atoms with Crippen LogP contribution in [-0.4, -0.2) is 48.3 Å². The molecular formula is C19H22N8. The zero-order chi connectivity index (χ0) is 18.5. The van der Waals surface area contributed by atoms with E-state index in [2.05, 4.69) is 25.7 Å². The van der Waals surface area contributed by atoms with E-state index in [4.69, 9.17) is 4.98 Å². The molecule has 0 aliphatic heterocycles. The minimum atomic E-state index is 0.437. The highest BCUT2D eigenvalue weighted by molar-refractivity contribution is 5.82. The quantitative estimate of drug-likeness (QED) is 0.579. The van der Waals surface area contributed by atoms with Crippen LogP contribution in [0, 0.1) is 6.92 Å². The predicted octanol–water partition coefficient (Wildman–Crippen LogP) is 2.15. The van der Waals surface area contributed by atoms with Crippen LogP contribution in [0.3, 0.4) is 0 Å². The zero-order valence-corrected chi connectivity index (χ0v) is 15.6. The van der Waals surface area contributed by atoms with Crippen LogP contribution in [0.1, 0.15) is 18.7 Å². The summed E-state index contributed by atoms with van der Waals surface area (Å²) in [7, 11) is 3.99. The first-order chi connectivity index (χ1) is 13.1. The van der Waals surface area contributed by atoms with Crippen LogP contribution in [0.25, 0.3) is 27.9 Å². The Kier molecular flexibility index (Phi) is 3.61. The maximum atomic E-state index is 4.81. The van der Waals surface area contributed by atoms with Crippen LogP contribution in [0.15, 0.2) is 30.6 Å². The summed E-state index contributed by atoms with van der Waals surface area (Å²) in [5.41, 5.74) is 4.64. The van der Waals surface area contributed by atoms with Gasteiger partial charge in [-0.25, -0.2) is 19.5 Å². The minimum absolute atomic E-state index is 0.437. The fraction of sp³-hybridized carbons (Fsp3) is 0.368. The Balaban J connectivity index is 1.47. The molecule has 4 heterocycles. The van der Waals surface area contributed by atoms with E-state index >= 15 is 0 Å². The molecule has 4 aromatic heterocycles. The molecule has 1 saturated carbocycles. The van der Waals surface area contributed by atoms with Crippen molar-refractivity contribution in [2.45, 2.75) is 31.8 Å². The third-order valence-electron chi connectivity index (χ3n) is 5.51. The highest BCUT2D eigenvalue weighted by Crippen LogP contribution is 2.27. The van der Waals surface area contributed by atoms with Gasteiger partial charge >= 0.3 is 0 Å². The summed E-state index contributed by atoms with van der Waals surface area (Å²) < 4.78 is 3.87. The van der Waals surface area contributed by atoms with Gasteiger partial charge in [-0.05, 0) is 45.0 Å². The molecule has 0 bridgehead atoms. The Morgan fingerprint density at radius 1 is 1.11 bits per heavy atom. The van der Waals surface area contributed by atoms with Crippen molar-refractivity contribution in [3.05, 3.63) is 36.4 Å². The van der Waals surface area contributed by atoms with Gasteiger partial charge in [-0.1, -0.05) is 0 Å². The molecule has 1 aliphatic rings. The van der Waals surface area contributed by atoms with Gasteiger partial charge in [0.05, 0.1) is 17.4 Å².